The number of amides is 2. The van der Waals surface area contributed by atoms with E-state index >= 15 is 0 Å². The van der Waals surface area contributed by atoms with Crippen LogP contribution >= 0.6 is 0 Å². The van der Waals surface area contributed by atoms with Gasteiger partial charge in [-0.15, -0.1) is 0 Å². The molecular formula is C22H31BFN3O4. The SMILES string of the molecule is O=C(N[C@H](CC1CCC1)B(O)O)[C@H](CC1CC1)NC(=O)[C@@H]1CCN1c1ccc(F)cc1. The maximum absolute atomic E-state index is 13.2. The van der Waals surface area contributed by atoms with Gasteiger partial charge >= 0.3 is 7.12 Å². The lowest BCUT2D eigenvalue weighted by Crippen LogP contribution is -2.61. The molecule has 7 nitrogen and oxygen atoms in total. The van der Waals surface area contributed by atoms with Crippen LogP contribution in [0.25, 0.3) is 0 Å². The molecule has 9 heteroatoms. The number of carbonyl (C=O) groups excluding carboxylic acids is 2. The van der Waals surface area contributed by atoms with Crippen LogP contribution in [0.3, 0.4) is 0 Å². The first-order chi connectivity index (χ1) is 14.9. The summed E-state index contributed by atoms with van der Waals surface area (Å²) in [7, 11) is -1.62. The van der Waals surface area contributed by atoms with E-state index in [4.69, 9.17) is 0 Å². The molecule has 0 radical (unpaired) electrons. The number of halogens is 1. The monoisotopic (exact) mass is 431 g/mol. The molecule has 0 unspecified atom stereocenters. The normalized spacial score (nSPS) is 22.7. The molecule has 1 aliphatic heterocycles. The van der Waals surface area contributed by atoms with Gasteiger partial charge in [-0.25, -0.2) is 4.39 Å². The molecule has 2 amide bonds. The third-order valence-corrected chi connectivity index (χ3v) is 6.88. The van der Waals surface area contributed by atoms with Gasteiger partial charge in [0.1, 0.15) is 17.9 Å². The van der Waals surface area contributed by atoms with E-state index in [1.807, 2.05) is 4.90 Å². The molecule has 1 heterocycles. The van der Waals surface area contributed by atoms with E-state index in [0.29, 0.717) is 37.6 Å². The van der Waals surface area contributed by atoms with Gasteiger partial charge in [-0.3, -0.25) is 9.59 Å². The summed E-state index contributed by atoms with van der Waals surface area (Å²) < 4.78 is 13.2. The summed E-state index contributed by atoms with van der Waals surface area (Å²) >= 11 is 0. The fraction of sp³-hybridized carbons (Fsp3) is 0.636. The average Bonchev–Trinajstić information content (AvgIpc) is 3.47. The Kier molecular flexibility index (Phi) is 6.81. The molecule has 2 aliphatic carbocycles. The predicted molar refractivity (Wildman–Crippen MR) is 116 cm³/mol. The summed E-state index contributed by atoms with van der Waals surface area (Å²) in [6.07, 6.45) is 7.06. The number of carbonyl (C=O) groups is 2. The topological polar surface area (TPSA) is 102 Å². The lowest BCUT2D eigenvalue weighted by Gasteiger charge is -2.42. The average molecular weight is 431 g/mol. The number of anilines is 1. The molecule has 2 saturated carbocycles. The Balaban J connectivity index is 1.37. The third kappa shape index (κ3) is 5.57. The molecule has 168 valence electrons. The van der Waals surface area contributed by atoms with Gasteiger partial charge in [-0.1, -0.05) is 32.1 Å². The third-order valence-electron chi connectivity index (χ3n) is 6.88. The minimum absolute atomic E-state index is 0.225. The van der Waals surface area contributed by atoms with Crippen LogP contribution < -0.4 is 15.5 Å². The van der Waals surface area contributed by atoms with Crippen LogP contribution in [0.5, 0.6) is 0 Å². The van der Waals surface area contributed by atoms with E-state index in [2.05, 4.69) is 10.6 Å². The van der Waals surface area contributed by atoms with Crippen LogP contribution in [0.1, 0.15) is 51.4 Å². The van der Waals surface area contributed by atoms with Crippen molar-refractivity contribution in [1.29, 1.82) is 0 Å². The molecule has 31 heavy (non-hydrogen) atoms. The van der Waals surface area contributed by atoms with Crippen LogP contribution in [0.2, 0.25) is 0 Å². The van der Waals surface area contributed by atoms with E-state index in [1.165, 1.54) is 12.1 Å². The molecule has 3 fully saturated rings. The van der Waals surface area contributed by atoms with Crippen LogP contribution in [0.15, 0.2) is 24.3 Å². The molecule has 1 aromatic carbocycles. The summed E-state index contributed by atoms with van der Waals surface area (Å²) in [5.41, 5.74) is 0.778. The van der Waals surface area contributed by atoms with Crippen molar-refractivity contribution >= 4 is 24.6 Å². The van der Waals surface area contributed by atoms with Gasteiger partial charge in [0.05, 0.1) is 5.94 Å². The molecular weight excluding hydrogens is 400 g/mol. The maximum Gasteiger partial charge on any atom is 0.475 e. The fourth-order valence-electron chi connectivity index (χ4n) is 4.41. The van der Waals surface area contributed by atoms with Crippen molar-refractivity contribution in [2.24, 2.45) is 11.8 Å². The van der Waals surface area contributed by atoms with Crippen LogP contribution in [-0.2, 0) is 9.59 Å². The smallest absolute Gasteiger partial charge is 0.426 e. The summed E-state index contributed by atoms with van der Waals surface area (Å²) in [6, 6.07) is 4.95. The highest BCUT2D eigenvalue weighted by Gasteiger charge is 2.39. The van der Waals surface area contributed by atoms with Crippen molar-refractivity contribution in [3.8, 4) is 0 Å². The Morgan fingerprint density at radius 1 is 1.03 bits per heavy atom. The molecule has 0 spiro atoms. The number of nitrogens with zero attached hydrogens (tertiary/aromatic N) is 1. The highest BCUT2D eigenvalue weighted by atomic mass is 19.1. The molecule has 0 aromatic heterocycles. The van der Waals surface area contributed by atoms with Crippen molar-refractivity contribution in [2.75, 3.05) is 11.4 Å². The highest BCUT2D eigenvalue weighted by Crippen LogP contribution is 2.34. The number of hydrogen-bond acceptors (Lipinski definition) is 5. The molecule has 0 bridgehead atoms. The minimum atomic E-state index is -1.62. The van der Waals surface area contributed by atoms with Crippen molar-refractivity contribution in [2.45, 2.75) is 69.4 Å². The second-order valence-corrected chi connectivity index (χ2v) is 9.28. The second kappa shape index (κ2) is 9.57. The van der Waals surface area contributed by atoms with E-state index < -0.39 is 25.1 Å². The Labute approximate surface area is 182 Å². The minimum Gasteiger partial charge on any atom is -0.426 e. The zero-order valence-corrected chi connectivity index (χ0v) is 17.7. The van der Waals surface area contributed by atoms with E-state index in [0.717, 1.165) is 37.8 Å². The quantitative estimate of drug-likeness (QED) is 0.420. The van der Waals surface area contributed by atoms with E-state index in [1.54, 1.807) is 12.1 Å². The van der Waals surface area contributed by atoms with Gasteiger partial charge < -0.3 is 25.6 Å². The highest BCUT2D eigenvalue weighted by molar-refractivity contribution is 6.43. The van der Waals surface area contributed by atoms with Gasteiger partial charge in [-0.05, 0) is 55.4 Å². The van der Waals surface area contributed by atoms with Gasteiger partial charge in [-0.2, -0.15) is 0 Å². The summed E-state index contributed by atoms with van der Waals surface area (Å²) in [6.45, 7) is 0.698. The standard InChI is InChI=1S/C22H31BFN3O4/c24-16-6-8-17(9-7-16)27-11-10-19(27)22(29)25-18(12-15-4-5-15)21(28)26-20(23(30)31)13-14-2-1-3-14/h6-9,14-15,18-20,30-31H,1-5,10-13H2,(H,25,29)(H,26,28)/t18-,19-,20+/m0/s1. The van der Waals surface area contributed by atoms with E-state index in [-0.39, 0.29) is 17.6 Å². The van der Waals surface area contributed by atoms with Crippen molar-refractivity contribution in [1.82, 2.24) is 10.6 Å². The van der Waals surface area contributed by atoms with Crippen molar-refractivity contribution < 1.29 is 24.0 Å². The Morgan fingerprint density at radius 2 is 1.71 bits per heavy atom. The largest absolute Gasteiger partial charge is 0.475 e. The lowest BCUT2D eigenvalue weighted by molar-refractivity contribution is -0.130. The first-order valence-corrected chi connectivity index (χ1v) is 11.4. The zero-order valence-electron chi connectivity index (χ0n) is 17.7. The van der Waals surface area contributed by atoms with Gasteiger partial charge in [0.25, 0.3) is 0 Å². The molecule has 1 aromatic rings. The number of nitrogens with one attached hydrogen (secondary N) is 2. The Hall–Kier alpha value is -2.13. The van der Waals surface area contributed by atoms with Crippen LogP contribution in [0.4, 0.5) is 10.1 Å². The number of rotatable bonds is 10. The second-order valence-electron chi connectivity index (χ2n) is 9.28. The zero-order chi connectivity index (χ0) is 22.0. The van der Waals surface area contributed by atoms with Crippen molar-refractivity contribution in [3.05, 3.63) is 30.1 Å². The van der Waals surface area contributed by atoms with Gasteiger partial charge in [0, 0.05) is 12.2 Å². The Bertz CT molecular complexity index is 785. The van der Waals surface area contributed by atoms with Crippen LogP contribution in [0, 0.1) is 17.7 Å². The molecule has 1 saturated heterocycles. The van der Waals surface area contributed by atoms with E-state index in [9.17, 15) is 24.0 Å². The molecule has 3 aliphatic rings. The van der Waals surface area contributed by atoms with Crippen molar-refractivity contribution in [3.63, 3.8) is 0 Å². The molecule has 4 rings (SSSR count). The first kappa shape index (κ1) is 22.1. The number of hydrogen-bond donors (Lipinski definition) is 4. The van der Waals surface area contributed by atoms with Gasteiger partial charge in [0.15, 0.2) is 0 Å². The first-order valence-electron chi connectivity index (χ1n) is 11.4. The number of benzene rings is 1. The summed E-state index contributed by atoms with van der Waals surface area (Å²) in [5, 5.41) is 25.1. The summed E-state index contributed by atoms with van der Waals surface area (Å²) in [4.78, 5) is 27.8. The van der Waals surface area contributed by atoms with Gasteiger partial charge in [0.2, 0.25) is 11.8 Å². The summed E-state index contributed by atoms with van der Waals surface area (Å²) in [5.74, 6) is -0.816. The predicted octanol–water partition coefficient (Wildman–Crippen LogP) is 1.38. The van der Waals surface area contributed by atoms with Crippen LogP contribution in [-0.4, -0.2) is 53.6 Å². The molecule has 3 atom stereocenters. The maximum atomic E-state index is 13.2. The molecule has 4 N–H and O–H groups in total. The Morgan fingerprint density at radius 3 is 2.23 bits per heavy atom. The lowest BCUT2D eigenvalue weighted by atomic mass is 9.69. The fourth-order valence-corrected chi connectivity index (χ4v) is 4.41.